The highest BCUT2D eigenvalue weighted by atomic mass is 16.5. The highest BCUT2D eigenvalue weighted by Gasteiger charge is 2.10. The van der Waals surface area contributed by atoms with Crippen LogP contribution in [0.3, 0.4) is 0 Å². The molecule has 2 heterocycles. The minimum Gasteiger partial charge on any atom is -0.463 e. The Balaban J connectivity index is 1.88. The minimum absolute atomic E-state index is 0.216. The molecule has 0 aliphatic heterocycles. The lowest BCUT2D eigenvalue weighted by Gasteiger charge is -2.05. The first-order valence-electron chi connectivity index (χ1n) is 5.99. The molecular formula is C14H16N2O3. The number of aromatic nitrogens is 1. The van der Waals surface area contributed by atoms with Crippen molar-refractivity contribution in [3.05, 3.63) is 53.2 Å². The Morgan fingerprint density at radius 1 is 1.37 bits per heavy atom. The third-order valence-corrected chi connectivity index (χ3v) is 2.76. The van der Waals surface area contributed by atoms with E-state index in [9.17, 15) is 4.79 Å². The summed E-state index contributed by atoms with van der Waals surface area (Å²) in [7, 11) is 1.33. The molecule has 5 nitrogen and oxygen atoms in total. The lowest BCUT2D eigenvalue weighted by molar-refractivity contribution is 0.0563. The van der Waals surface area contributed by atoms with Crippen LogP contribution >= 0.6 is 0 Å². The summed E-state index contributed by atoms with van der Waals surface area (Å²) in [5, 5.41) is 3.22. The van der Waals surface area contributed by atoms with Crippen LogP contribution in [0.25, 0.3) is 0 Å². The third kappa shape index (κ3) is 3.42. The molecule has 0 unspecified atom stereocenters. The maximum atomic E-state index is 11.2. The molecule has 0 spiro atoms. The zero-order valence-electron chi connectivity index (χ0n) is 11.0. The number of aryl methyl sites for hydroxylation is 1. The van der Waals surface area contributed by atoms with Gasteiger partial charge in [-0.15, -0.1) is 0 Å². The second-order valence-electron chi connectivity index (χ2n) is 4.13. The van der Waals surface area contributed by atoms with E-state index in [2.05, 4.69) is 15.0 Å². The molecule has 0 atom stereocenters. The molecule has 0 aliphatic carbocycles. The SMILES string of the molecule is COC(=O)c1ccc(CNCc2ncccc2C)o1. The number of hydrogen-bond acceptors (Lipinski definition) is 5. The fraction of sp³-hybridized carbons (Fsp3) is 0.286. The molecule has 0 saturated heterocycles. The molecule has 0 bridgehead atoms. The third-order valence-electron chi connectivity index (χ3n) is 2.76. The highest BCUT2D eigenvalue weighted by molar-refractivity contribution is 5.86. The summed E-state index contributed by atoms with van der Waals surface area (Å²) in [6.07, 6.45) is 1.77. The Bertz CT molecular complexity index is 563. The molecule has 0 aromatic carbocycles. The van der Waals surface area contributed by atoms with Crippen molar-refractivity contribution < 1.29 is 13.9 Å². The normalized spacial score (nSPS) is 10.4. The first kappa shape index (κ1) is 13.3. The van der Waals surface area contributed by atoms with E-state index >= 15 is 0 Å². The number of methoxy groups -OCH3 is 1. The van der Waals surface area contributed by atoms with Gasteiger partial charge in [0.05, 0.1) is 19.3 Å². The van der Waals surface area contributed by atoms with E-state index in [0.29, 0.717) is 18.8 Å². The lowest BCUT2D eigenvalue weighted by atomic mass is 10.2. The maximum absolute atomic E-state index is 11.2. The molecule has 0 aliphatic rings. The largest absolute Gasteiger partial charge is 0.463 e. The summed E-state index contributed by atoms with van der Waals surface area (Å²) >= 11 is 0. The monoisotopic (exact) mass is 260 g/mol. The molecule has 2 aromatic heterocycles. The number of rotatable bonds is 5. The predicted octanol–water partition coefficient (Wildman–Crippen LogP) is 2.06. The topological polar surface area (TPSA) is 64.4 Å². The van der Waals surface area contributed by atoms with Crippen LogP contribution in [0.2, 0.25) is 0 Å². The van der Waals surface area contributed by atoms with E-state index in [4.69, 9.17) is 4.42 Å². The lowest BCUT2D eigenvalue weighted by Crippen LogP contribution is -2.14. The minimum atomic E-state index is -0.466. The van der Waals surface area contributed by atoms with Crippen molar-refractivity contribution in [3.8, 4) is 0 Å². The van der Waals surface area contributed by atoms with E-state index in [0.717, 1.165) is 11.3 Å². The van der Waals surface area contributed by atoms with Gasteiger partial charge in [0.1, 0.15) is 5.76 Å². The first-order valence-corrected chi connectivity index (χ1v) is 5.99. The van der Waals surface area contributed by atoms with Gasteiger partial charge in [0.15, 0.2) is 0 Å². The van der Waals surface area contributed by atoms with Crippen molar-refractivity contribution in [1.82, 2.24) is 10.3 Å². The standard InChI is InChI=1S/C14H16N2O3/c1-10-4-3-7-16-12(10)9-15-8-11-5-6-13(19-11)14(17)18-2/h3-7,15H,8-9H2,1-2H3. The summed E-state index contributed by atoms with van der Waals surface area (Å²) in [6, 6.07) is 7.29. The van der Waals surface area contributed by atoms with Gasteiger partial charge in [-0.05, 0) is 30.7 Å². The van der Waals surface area contributed by atoms with Crippen molar-refractivity contribution >= 4 is 5.97 Å². The van der Waals surface area contributed by atoms with Gasteiger partial charge in [-0.3, -0.25) is 4.98 Å². The number of esters is 1. The Morgan fingerprint density at radius 3 is 2.95 bits per heavy atom. The molecule has 1 N–H and O–H groups in total. The molecule has 0 fully saturated rings. The van der Waals surface area contributed by atoms with Crippen LogP contribution in [0.15, 0.2) is 34.9 Å². The quantitative estimate of drug-likeness (QED) is 0.834. The summed E-state index contributed by atoms with van der Waals surface area (Å²) in [4.78, 5) is 15.5. The van der Waals surface area contributed by atoms with Crippen molar-refractivity contribution in [2.24, 2.45) is 0 Å². The van der Waals surface area contributed by atoms with Gasteiger partial charge in [0, 0.05) is 12.7 Å². The average Bonchev–Trinajstić information content (AvgIpc) is 2.89. The number of carbonyl (C=O) groups excluding carboxylic acids is 1. The summed E-state index contributed by atoms with van der Waals surface area (Å²) < 4.78 is 9.92. The number of nitrogens with zero attached hydrogens (tertiary/aromatic N) is 1. The Kier molecular flexibility index (Phi) is 4.30. The van der Waals surface area contributed by atoms with E-state index in [1.54, 1.807) is 18.3 Å². The second-order valence-corrected chi connectivity index (χ2v) is 4.13. The van der Waals surface area contributed by atoms with E-state index in [-0.39, 0.29) is 5.76 Å². The van der Waals surface area contributed by atoms with Crippen molar-refractivity contribution in [3.63, 3.8) is 0 Å². The van der Waals surface area contributed by atoms with Crippen LogP contribution in [0.5, 0.6) is 0 Å². The fourth-order valence-corrected chi connectivity index (χ4v) is 1.69. The van der Waals surface area contributed by atoms with Crippen LogP contribution in [0.1, 0.15) is 27.6 Å². The zero-order chi connectivity index (χ0) is 13.7. The van der Waals surface area contributed by atoms with Gasteiger partial charge in [-0.1, -0.05) is 6.07 Å². The van der Waals surface area contributed by atoms with Crippen LogP contribution < -0.4 is 5.32 Å². The van der Waals surface area contributed by atoms with Crippen molar-refractivity contribution in [2.75, 3.05) is 7.11 Å². The van der Waals surface area contributed by atoms with Gasteiger partial charge in [-0.2, -0.15) is 0 Å². The number of carbonyl (C=O) groups is 1. The van der Waals surface area contributed by atoms with E-state index < -0.39 is 5.97 Å². The van der Waals surface area contributed by atoms with Crippen molar-refractivity contribution in [1.29, 1.82) is 0 Å². The van der Waals surface area contributed by atoms with Gasteiger partial charge < -0.3 is 14.5 Å². The number of furan rings is 1. The van der Waals surface area contributed by atoms with Crippen LogP contribution in [-0.2, 0) is 17.8 Å². The number of pyridine rings is 1. The molecule has 2 aromatic rings. The molecule has 0 saturated carbocycles. The second kappa shape index (κ2) is 6.15. The van der Waals surface area contributed by atoms with Crippen LogP contribution in [0, 0.1) is 6.92 Å². The van der Waals surface area contributed by atoms with Crippen LogP contribution in [0.4, 0.5) is 0 Å². The van der Waals surface area contributed by atoms with Crippen LogP contribution in [-0.4, -0.2) is 18.1 Å². The van der Waals surface area contributed by atoms with Gasteiger partial charge in [0.2, 0.25) is 5.76 Å². The summed E-state index contributed by atoms with van der Waals surface area (Å²) in [5.41, 5.74) is 2.15. The smallest absolute Gasteiger partial charge is 0.373 e. The number of hydrogen-bond donors (Lipinski definition) is 1. The van der Waals surface area contributed by atoms with Crippen molar-refractivity contribution in [2.45, 2.75) is 20.0 Å². The Morgan fingerprint density at radius 2 is 2.21 bits per heavy atom. The molecule has 2 rings (SSSR count). The maximum Gasteiger partial charge on any atom is 0.373 e. The van der Waals surface area contributed by atoms with Gasteiger partial charge in [-0.25, -0.2) is 4.79 Å². The van der Waals surface area contributed by atoms with Gasteiger partial charge in [0.25, 0.3) is 0 Å². The first-order chi connectivity index (χ1) is 9.20. The molecule has 0 radical (unpaired) electrons. The average molecular weight is 260 g/mol. The zero-order valence-corrected chi connectivity index (χ0v) is 11.0. The molecule has 100 valence electrons. The van der Waals surface area contributed by atoms with Gasteiger partial charge >= 0.3 is 5.97 Å². The Labute approximate surface area is 111 Å². The fourth-order valence-electron chi connectivity index (χ4n) is 1.69. The Hall–Kier alpha value is -2.14. The molecule has 5 heteroatoms. The molecular weight excluding hydrogens is 244 g/mol. The predicted molar refractivity (Wildman–Crippen MR) is 69.6 cm³/mol. The number of nitrogens with one attached hydrogen (secondary N) is 1. The highest BCUT2D eigenvalue weighted by Crippen LogP contribution is 2.09. The molecule has 0 amide bonds. The van der Waals surface area contributed by atoms with E-state index in [1.807, 2.05) is 19.1 Å². The van der Waals surface area contributed by atoms with E-state index in [1.165, 1.54) is 7.11 Å². The summed E-state index contributed by atoms with van der Waals surface area (Å²) in [6.45, 7) is 3.21. The molecule has 19 heavy (non-hydrogen) atoms. The summed E-state index contributed by atoms with van der Waals surface area (Å²) in [5.74, 6) is 0.439. The number of ether oxygens (including phenoxy) is 1.